The lowest BCUT2D eigenvalue weighted by Gasteiger charge is -2.15. The van der Waals surface area contributed by atoms with E-state index in [1.807, 2.05) is 25.1 Å². The maximum absolute atomic E-state index is 6.16. The lowest BCUT2D eigenvalue weighted by Crippen LogP contribution is -2.04. The minimum atomic E-state index is 0.592. The molecule has 0 heterocycles. The molecule has 0 unspecified atom stereocenters. The van der Waals surface area contributed by atoms with Crippen LogP contribution in [0.15, 0.2) is 39.3 Å². The SMILES string of the molecule is CCOc1c(Br)cc(Br)cc1CNc1ccc(Cl)cc1Cl. The van der Waals surface area contributed by atoms with Crippen molar-refractivity contribution in [2.24, 2.45) is 0 Å². The van der Waals surface area contributed by atoms with Crippen LogP contribution >= 0.6 is 55.1 Å². The molecule has 0 aliphatic carbocycles. The molecule has 6 heteroatoms. The first-order valence-corrected chi connectivity index (χ1v) is 8.65. The molecule has 0 aromatic heterocycles. The van der Waals surface area contributed by atoms with Gasteiger partial charge in [0.2, 0.25) is 0 Å². The molecule has 0 fully saturated rings. The van der Waals surface area contributed by atoms with Gasteiger partial charge in [-0.25, -0.2) is 0 Å². The Morgan fingerprint density at radius 2 is 1.90 bits per heavy atom. The van der Waals surface area contributed by atoms with E-state index in [1.165, 1.54) is 0 Å². The molecule has 0 radical (unpaired) electrons. The highest BCUT2D eigenvalue weighted by Gasteiger charge is 2.10. The second kappa shape index (κ2) is 7.73. The maximum atomic E-state index is 6.16. The third-order valence-corrected chi connectivity index (χ3v) is 4.37. The predicted molar refractivity (Wildman–Crippen MR) is 96.8 cm³/mol. The molecule has 0 amide bonds. The van der Waals surface area contributed by atoms with E-state index >= 15 is 0 Å². The molecular formula is C15H13Br2Cl2NO. The molecule has 0 aliphatic heterocycles. The van der Waals surface area contributed by atoms with Crippen LogP contribution in [0, 0.1) is 0 Å². The standard InChI is InChI=1S/C15H13Br2Cl2NO/c1-2-21-15-9(5-10(16)6-12(15)17)8-20-14-4-3-11(18)7-13(14)19/h3-7,20H,2,8H2,1H3. The summed E-state index contributed by atoms with van der Waals surface area (Å²) in [4.78, 5) is 0. The average Bonchev–Trinajstić information content (AvgIpc) is 2.41. The van der Waals surface area contributed by atoms with E-state index in [0.29, 0.717) is 23.2 Å². The molecule has 0 saturated carbocycles. The monoisotopic (exact) mass is 451 g/mol. The van der Waals surface area contributed by atoms with Gasteiger partial charge < -0.3 is 10.1 Å². The Balaban J connectivity index is 2.22. The minimum absolute atomic E-state index is 0.592. The number of benzene rings is 2. The number of hydrogen-bond acceptors (Lipinski definition) is 2. The van der Waals surface area contributed by atoms with Gasteiger partial charge >= 0.3 is 0 Å². The fourth-order valence-electron chi connectivity index (χ4n) is 1.87. The van der Waals surface area contributed by atoms with Crippen LogP contribution in [0.2, 0.25) is 10.0 Å². The summed E-state index contributed by atoms with van der Waals surface area (Å²) in [7, 11) is 0. The first-order valence-electron chi connectivity index (χ1n) is 6.31. The third kappa shape index (κ3) is 4.52. The van der Waals surface area contributed by atoms with Crippen molar-refractivity contribution in [1.82, 2.24) is 0 Å². The Morgan fingerprint density at radius 1 is 1.14 bits per heavy atom. The van der Waals surface area contributed by atoms with E-state index in [9.17, 15) is 0 Å². The zero-order valence-corrected chi connectivity index (χ0v) is 15.9. The van der Waals surface area contributed by atoms with Crippen molar-refractivity contribution in [3.63, 3.8) is 0 Å². The van der Waals surface area contributed by atoms with Gasteiger partial charge in [0.05, 0.1) is 21.8 Å². The quantitative estimate of drug-likeness (QED) is 0.555. The number of hydrogen-bond donors (Lipinski definition) is 1. The molecule has 2 rings (SSSR count). The van der Waals surface area contributed by atoms with Gasteiger partial charge in [0.25, 0.3) is 0 Å². The van der Waals surface area contributed by atoms with E-state index in [4.69, 9.17) is 27.9 Å². The van der Waals surface area contributed by atoms with E-state index in [-0.39, 0.29) is 0 Å². The number of anilines is 1. The molecule has 21 heavy (non-hydrogen) atoms. The van der Waals surface area contributed by atoms with Gasteiger partial charge in [-0.1, -0.05) is 39.1 Å². The number of rotatable bonds is 5. The highest BCUT2D eigenvalue weighted by atomic mass is 79.9. The van der Waals surface area contributed by atoms with Crippen molar-refractivity contribution >= 4 is 60.7 Å². The van der Waals surface area contributed by atoms with Gasteiger partial charge in [-0.05, 0) is 53.2 Å². The van der Waals surface area contributed by atoms with Gasteiger partial charge in [0, 0.05) is 21.6 Å². The number of ether oxygens (including phenoxy) is 1. The summed E-state index contributed by atoms with van der Waals surface area (Å²) in [5.41, 5.74) is 1.86. The van der Waals surface area contributed by atoms with E-state index < -0.39 is 0 Å². The summed E-state index contributed by atoms with van der Waals surface area (Å²) in [6, 6.07) is 9.36. The Hall–Kier alpha value is -0.420. The van der Waals surface area contributed by atoms with Crippen LogP contribution in [0.5, 0.6) is 5.75 Å². The largest absolute Gasteiger partial charge is 0.492 e. The Morgan fingerprint density at radius 3 is 2.57 bits per heavy atom. The molecule has 0 saturated heterocycles. The van der Waals surface area contributed by atoms with Crippen molar-refractivity contribution in [2.45, 2.75) is 13.5 Å². The van der Waals surface area contributed by atoms with Crippen molar-refractivity contribution in [3.05, 3.63) is 54.9 Å². The normalized spacial score (nSPS) is 10.5. The van der Waals surface area contributed by atoms with Gasteiger partial charge in [-0.2, -0.15) is 0 Å². The molecule has 1 N–H and O–H groups in total. The summed E-state index contributed by atoms with van der Waals surface area (Å²) >= 11 is 19.1. The smallest absolute Gasteiger partial charge is 0.138 e. The average molecular weight is 454 g/mol. The Labute approximate surface area is 151 Å². The second-order valence-corrected chi connectivity index (χ2v) is 6.90. The predicted octanol–water partition coefficient (Wildman–Crippen LogP) is 6.53. The maximum Gasteiger partial charge on any atom is 0.138 e. The van der Waals surface area contributed by atoms with Crippen LogP contribution in [0.4, 0.5) is 5.69 Å². The summed E-state index contributed by atoms with van der Waals surface area (Å²) in [6.45, 7) is 3.16. The molecule has 112 valence electrons. The van der Waals surface area contributed by atoms with Crippen LogP contribution in [-0.2, 0) is 6.54 Å². The Kier molecular flexibility index (Phi) is 6.23. The molecular weight excluding hydrogens is 441 g/mol. The van der Waals surface area contributed by atoms with Crippen LogP contribution in [-0.4, -0.2) is 6.61 Å². The van der Waals surface area contributed by atoms with Crippen LogP contribution in [0.25, 0.3) is 0 Å². The molecule has 2 nitrogen and oxygen atoms in total. The highest BCUT2D eigenvalue weighted by molar-refractivity contribution is 9.11. The van der Waals surface area contributed by atoms with Crippen molar-refractivity contribution in [2.75, 3.05) is 11.9 Å². The summed E-state index contributed by atoms with van der Waals surface area (Å²) in [5, 5.41) is 4.51. The topological polar surface area (TPSA) is 21.3 Å². The fourth-order valence-corrected chi connectivity index (χ4v) is 3.78. The molecule has 0 atom stereocenters. The van der Waals surface area contributed by atoms with Crippen molar-refractivity contribution in [3.8, 4) is 5.75 Å². The minimum Gasteiger partial charge on any atom is -0.492 e. The first-order chi connectivity index (χ1) is 10.0. The molecule has 2 aromatic carbocycles. The lowest BCUT2D eigenvalue weighted by molar-refractivity contribution is 0.334. The molecule has 0 bridgehead atoms. The van der Waals surface area contributed by atoms with Crippen molar-refractivity contribution in [1.29, 1.82) is 0 Å². The van der Waals surface area contributed by atoms with E-state index in [2.05, 4.69) is 37.2 Å². The lowest BCUT2D eigenvalue weighted by atomic mass is 10.2. The van der Waals surface area contributed by atoms with Gasteiger partial charge in [0.1, 0.15) is 5.75 Å². The zero-order chi connectivity index (χ0) is 15.4. The highest BCUT2D eigenvalue weighted by Crippen LogP contribution is 2.34. The fraction of sp³-hybridized carbons (Fsp3) is 0.200. The summed E-state index contributed by atoms with van der Waals surface area (Å²) < 4.78 is 7.60. The van der Waals surface area contributed by atoms with Crippen LogP contribution in [0.3, 0.4) is 0 Å². The van der Waals surface area contributed by atoms with E-state index in [0.717, 1.165) is 25.9 Å². The molecule has 2 aromatic rings. The van der Waals surface area contributed by atoms with E-state index in [1.54, 1.807) is 12.1 Å². The summed E-state index contributed by atoms with van der Waals surface area (Å²) in [6.07, 6.45) is 0. The van der Waals surface area contributed by atoms with Gasteiger partial charge in [-0.15, -0.1) is 0 Å². The van der Waals surface area contributed by atoms with Gasteiger partial charge in [0.15, 0.2) is 0 Å². The molecule has 0 spiro atoms. The van der Waals surface area contributed by atoms with Crippen LogP contribution < -0.4 is 10.1 Å². The molecule has 0 aliphatic rings. The number of nitrogens with one attached hydrogen (secondary N) is 1. The van der Waals surface area contributed by atoms with Crippen LogP contribution in [0.1, 0.15) is 12.5 Å². The summed E-state index contributed by atoms with van der Waals surface area (Å²) in [5.74, 6) is 0.832. The third-order valence-electron chi connectivity index (χ3n) is 2.77. The first kappa shape index (κ1) is 16.9. The van der Waals surface area contributed by atoms with Gasteiger partial charge in [-0.3, -0.25) is 0 Å². The Bertz CT molecular complexity index is 650. The van der Waals surface area contributed by atoms with Crippen molar-refractivity contribution < 1.29 is 4.74 Å². The second-order valence-electron chi connectivity index (χ2n) is 4.29. The number of halogens is 4. The zero-order valence-electron chi connectivity index (χ0n) is 11.2.